The third-order valence-electron chi connectivity index (χ3n) is 3.19. The van der Waals surface area contributed by atoms with Crippen molar-refractivity contribution in [3.63, 3.8) is 0 Å². The molecular weight excluding hydrogens is 150 g/mol. The lowest BCUT2D eigenvalue weighted by atomic mass is 10.1. The summed E-state index contributed by atoms with van der Waals surface area (Å²) in [5.74, 6) is 0. The summed E-state index contributed by atoms with van der Waals surface area (Å²) in [6.07, 6.45) is 4.55. The molecule has 0 amide bonds. The van der Waals surface area contributed by atoms with Crippen LogP contribution in [0.2, 0.25) is 0 Å². The second-order valence-electron chi connectivity index (χ2n) is 4.24. The maximum absolute atomic E-state index is 5.74. The number of hydrogen-bond acceptors (Lipinski definition) is 2. The minimum Gasteiger partial charge on any atom is -0.375 e. The summed E-state index contributed by atoms with van der Waals surface area (Å²) in [4.78, 5) is 2.61. The maximum atomic E-state index is 5.74. The molecule has 1 saturated heterocycles. The molecule has 1 heterocycles. The van der Waals surface area contributed by atoms with Crippen molar-refractivity contribution in [1.29, 1.82) is 0 Å². The molecule has 0 spiro atoms. The normalized spacial score (nSPS) is 37.2. The van der Waals surface area contributed by atoms with Crippen molar-refractivity contribution < 1.29 is 4.74 Å². The molecule has 2 rings (SSSR count). The standard InChI is InChI=1S/C10H19NO/c1-8(2)11-6-7-12-10-5-3-4-9(10)11/h8-10H,3-7H2,1-2H3/t9-,10?/m1/s1. The Labute approximate surface area is 74.9 Å². The molecule has 2 heteroatoms. The van der Waals surface area contributed by atoms with Gasteiger partial charge in [-0.3, -0.25) is 4.90 Å². The fourth-order valence-electron chi connectivity index (χ4n) is 2.60. The predicted octanol–water partition coefficient (Wildman–Crippen LogP) is 1.65. The highest BCUT2D eigenvalue weighted by Gasteiger charge is 2.36. The van der Waals surface area contributed by atoms with E-state index in [9.17, 15) is 0 Å². The topological polar surface area (TPSA) is 12.5 Å². The van der Waals surface area contributed by atoms with Crippen LogP contribution in [0.25, 0.3) is 0 Å². The van der Waals surface area contributed by atoms with Crippen LogP contribution in [-0.2, 0) is 4.74 Å². The number of morpholine rings is 1. The van der Waals surface area contributed by atoms with Crippen LogP contribution >= 0.6 is 0 Å². The zero-order valence-electron chi connectivity index (χ0n) is 8.12. The first-order chi connectivity index (χ1) is 5.79. The van der Waals surface area contributed by atoms with Gasteiger partial charge in [0.25, 0.3) is 0 Å². The molecule has 1 unspecified atom stereocenters. The second-order valence-corrected chi connectivity index (χ2v) is 4.24. The summed E-state index contributed by atoms with van der Waals surface area (Å²) in [5, 5.41) is 0. The van der Waals surface area contributed by atoms with Crippen molar-refractivity contribution in [3.05, 3.63) is 0 Å². The molecule has 2 aliphatic rings. The van der Waals surface area contributed by atoms with Crippen LogP contribution in [0.15, 0.2) is 0 Å². The molecule has 1 aliphatic heterocycles. The highest BCUT2D eigenvalue weighted by Crippen LogP contribution is 2.30. The molecule has 0 N–H and O–H groups in total. The Bertz CT molecular complexity index is 158. The van der Waals surface area contributed by atoms with Gasteiger partial charge in [0.1, 0.15) is 0 Å². The average molecular weight is 169 g/mol. The van der Waals surface area contributed by atoms with Gasteiger partial charge >= 0.3 is 0 Å². The quantitative estimate of drug-likeness (QED) is 0.592. The summed E-state index contributed by atoms with van der Waals surface area (Å²) in [5.41, 5.74) is 0. The summed E-state index contributed by atoms with van der Waals surface area (Å²) in [7, 11) is 0. The third-order valence-corrected chi connectivity index (χ3v) is 3.19. The molecule has 0 aromatic carbocycles. The summed E-state index contributed by atoms with van der Waals surface area (Å²) in [6.45, 7) is 6.67. The van der Waals surface area contributed by atoms with Gasteiger partial charge in [0.05, 0.1) is 12.7 Å². The molecule has 2 atom stereocenters. The molecule has 0 aromatic heterocycles. The van der Waals surface area contributed by atoms with E-state index in [0.29, 0.717) is 12.1 Å². The molecular formula is C10H19NO. The largest absolute Gasteiger partial charge is 0.375 e. The number of hydrogen-bond donors (Lipinski definition) is 0. The molecule has 0 radical (unpaired) electrons. The third kappa shape index (κ3) is 1.38. The van der Waals surface area contributed by atoms with Crippen LogP contribution in [0, 0.1) is 0 Å². The van der Waals surface area contributed by atoms with Gasteiger partial charge in [-0.15, -0.1) is 0 Å². The highest BCUT2D eigenvalue weighted by molar-refractivity contribution is 4.90. The van der Waals surface area contributed by atoms with E-state index in [0.717, 1.165) is 19.2 Å². The van der Waals surface area contributed by atoms with E-state index in [4.69, 9.17) is 4.74 Å². The van der Waals surface area contributed by atoms with Crippen molar-refractivity contribution in [2.45, 2.75) is 51.3 Å². The molecule has 2 nitrogen and oxygen atoms in total. The lowest BCUT2D eigenvalue weighted by Crippen LogP contribution is -2.51. The number of rotatable bonds is 1. The van der Waals surface area contributed by atoms with Crippen molar-refractivity contribution >= 4 is 0 Å². The molecule has 12 heavy (non-hydrogen) atoms. The van der Waals surface area contributed by atoms with Crippen molar-refractivity contribution in [2.24, 2.45) is 0 Å². The molecule has 70 valence electrons. The number of nitrogens with zero attached hydrogens (tertiary/aromatic N) is 1. The fourth-order valence-corrected chi connectivity index (χ4v) is 2.60. The minimum atomic E-state index is 0.557. The summed E-state index contributed by atoms with van der Waals surface area (Å²) in [6, 6.07) is 1.43. The van der Waals surface area contributed by atoms with E-state index >= 15 is 0 Å². The highest BCUT2D eigenvalue weighted by atomic mass is 16.5. The van der Waals surface area contributed by atoms with Crippen LogP contribution in [0.5, 0.6) is 0 Å². The summed E-state index contributed by atoms with van der Waals surface area (Å²) >= 11 is 0. The molecule has 1 saturated carbocycles. The van der Waals surface area contributed by atoms with E-state index in [2.05, 4.69) is 18.7 Å². The van der Waals surface area contributed by atoms with E-state index in [-0.39, 0.29) is 0 Å². The predicted molar refractivity (Wildman–Crippen MR) is 49.2 cm³/mol. The first-order valence-electron chi connectivity index (χ1n) is 5.16. The van der Waals surface area contributed by atoms with Gasteiger partial charge in [-0.05, 0) is 33.1 Å². The van der Waals surface area contributed by atoms with E-state index < -0.39 is 0 Å². The zero-order chi connectivity index (χ0) is 8.55. The monoisotopic (exact) mass is 169 g/mol. The molecule has 2 fully saturated rings. The number of fused-ring (bicyclic) bond motifs is 1. The molecule has 0 aromatic rings. The number of ether oxygens (including phenoxy) is 1. The van der Waals surface area contributed by atoms with Crippen LogP contribution in [0.1, 0.15) is 33.1 Å². The van der Waals surface area contributed by atoms with Gasteiger partial charge in [0, 0.05) is 18.6 Å². The minimum absolute atomic E-state index is 0.557. The average Bonchev–Trinajstić information content (AvgIpc) is 2.49. The lowest BCUT2D eigenvalue weighted by Gasteiger charge is -2.40. The Morgan fingerprint density at radius 2 is 2.17 bits per heavy atom. The van der Waals surface area contributed by atoms with Crippen LogP contribution < -0.4 is 0 Å². The molecule has 0 bridgehead atoms. The summed E-state index contributed by atoms with van der Waals surface area (Å²) < 4.78 is 5.74. The first kappa shape index (κ1) is 8.52. The fraction of sp³-hybridized carbons (Fsp3) is 1.00. The van der Waals surface area contributed by atoms with Gasteiger partial charge in [-0.1, -0.05) is 0 Å². The smallest absolute Gasteiger partial charge is 0.0731 e. The van der Waals surface area contributed by atoms with Gasteiger partial charge in [-0.25, -0.2) is 0 Å². The molecule has 1 aliphatic carbocycles. The Hall–Kier alpha value is -0.0800. The Balaban J connectivity index is 2.03. The maximum Gasteiger partial charge on any atom is 0.0731 e. The van der Waals surface area contributed by atoms with E-state index in [1.54, 1.807) is 0 Å². The second kappa shape index (κ2) is 3.35. The van der Waals surface area contributed by atoms with E-state index in [1.165, 1.54) is 19.3 Å². The lowest BCUT2D eigenvalue weighted by molar-refractivity contribution is -0.0666. The zero-order valence-corrected chi connectivity index (χ0v) is 8.12. The van der Waals surface area contributed by atoms with Gasteiger partial charge in [-0.2, -0.15) is 0 Å². The van der Waals surface area contributed by atoms with Crippen LogP contribution in [-0.4, -0.2) is 36.2 Å². The first-order valence-corrected chi connectivity index (χ1v) is 5.16. The van der Waals surface area contributed by atoms with Crippen LogP contribution in [0.4, 0.5) is 0 Å². The van der Waals surface area contributed by atoms with Gasteiger partial charge < -0.3 is 4.74 Å². The van der Waals surface area contributed by atoms with Gasteiger partial charge in [0.15, 0.2) is 0 Å². The SMILES string of the molecule is CC(C)N1CCOC2CCC[C@H]21. The van der Waals surface area contributed by atoms with E-state index in [1.807, 2.05) is 0 Å². The Morgan fingerprint density at radius 3 is 2.92 bits per heavy atom. The van der Waals surface area contributed by atoms with Crippen molar-refractivity contribution in [3.8, 4) is 0 Å². The Morgan fingerprint density at radius 1 is 1.33 bits per heavy atom. The van der Waals surface area contributed by atoms with Crippen molar-refractivity contribution in [2.75, 3.05) is 13.2 Å². The van der Waals surface area contributed by atoms with Gasteiger partial charge in [0.2, 0.25) is 0 Å². The van der Waals surface area contributed by atoms with Crippen molar-refractivity contribution in [1.82, 2.24) is 4.90 Å². The van der Waals surface area contributed by atoms with Crippen LogP contribution in [0.3, 0.4) is 0 Å². The Kier molecular flexibility index (Phi) is 2.37.